The zero-order valence-corrected chi connectivity index (χ0v) is 38.1. The van der Waals surface area contributed by atoms with Gasteiger partial charge in [-0.2, -0.15) is 0 Å². The summed E-state index contributed by atoms with van der Waals surface area (Å²) in [6.07, 6.45) is 21.3. The van der Waals surface area contributed by atoms with E-state index in [-0.39, 0.29) is 0 Å². The summed E-state index contributed by atoms with van der Waals surface area (Å²) in [5.74, 6) is 0.864. The molecule has 0 fully saturated rings. The van der Waals surface area contributed by atoms with E-state index in [0.717, 1.165) is 73.3 Å². The van der Waals surface area contributed by atoms with Crippen molar-refractivity contribution in [3.8, 4) is 5.69 Å². The lowest BCUT2D eigenvalue weighted by Crippen LogP contribution is -2.26. The summed E-state index contributed by atoms with van der Waals surface area (Å²) in [5.41, 5.74) is 16.7. The summed E-state index contributed by atoms with van der Waals surface area (Å²) < 4.78 is 2.39. The van der Waals surface area contributed by atoms with E-state index in [1.807, 2.05) is 12.4 Å². The molecule has 12 rings (SSSR count). The minimum atomic E-state index is 0.653. The predicted molar refractivity (Wildman–Crippen MR) is 277 cm³/mol. The highest BCUT2D eigenvalue weighted by Crippen LogP contribution is 2.40. The molecule has 8 aromatic rings. The first-order valence-corrected chi connectivity index (χ1v) is 22.9. The maximum atomic E-state index is 5.25. The molecular formula is C56H51N11. The van der Waals surface area contributed by atoms with Gasteiger partial charge in [-0.25, -0.2) is 4.98 Å². The second-order valence-corrected chi connectivity index (χ2v) is 18.0. The molecule has 0 radical (unpaired) electrons. The van der Waals surface area contributed by atoms with Gasteiger partial charge < -0.3 is 43.8 Å². The molecule has 0 unspecified atom stereocenters. The number of fused-ring (bicyclic) bond motifs is 3. The SMILES string of the molecule is Cc1ccc(N2C=CN(c3cc(N4C=CN(c5ccc(C)cc5)C4)cc(-n4c5cc(N6C=CN(c7ccc(C)cc7)C6)ncc5c5ncc(N6C=CN(c7ccc(C)cc7)C6)cc54)c3)C2)cc1. The van der Waals surface area contributed by atoms with E-state index in [2.05, 4.69) is 248 Å². The Bertz CT molecular complexity index is 3060. The lowest BCUT2D eigenvalue weighted by Gasteiger charge is -2.26. The number of nitrogens with zero attached hydrogens (tertiary/aromatic N) is 11. The molecule has 0 amide bonds. The zero-order chi connectivity index (χ0) is 45.2. The van der Waals surface area contributed by atoms with Gasteiger partial charge in [0.05, 0.1) is 54.1 Å². The molecule has 0 bridgehead atoms. The fourth-order valence-electron chi connectivity index (χ4n) is 9.33. The summed E-state index contributed by atoms with van der Waals surface area (Å²) in [6, 6.07) is 46.3. The molecule has 3 aromatic heterocycles. The summed E-state index contributed by atoms with van der Waals surface area (Å²) in [7, 11) is 0. The van der Waals surface area contributed by atoms with E-state index in [0.29, 0.717) is 26.7 Å². The second kappa shape index (κ2) is 16.2. The van der Waals surface area contributed by atoms with Gasteiger partial charge in [0.1, 0.15) is 12.5 Å². The minimum absolute atomic E-state index is 0.653. The van der Waals surface area contributed by atoms with Gasteiger partial charge in [0.15, 0.2) is 0 Å². The first kappa shape index (κ1) is 40.1. The smallest absolute Gasteiger partial charge is 0.136 e. The van der Waals surface area contributed by atoms with Crippen molar-refractivity contribution in [1.29, 1.82) is 0 Å². The maximum absolute atomic E-state index is 5.25. The van der Waals surface area contributed by atoms with Crippen LogP contribution < -0.4 is 39.2 Å². The quantitative estimate of drug-likeness (QED) is 0.140. The number of aryl methyl sites for hydroxylation is 4. The topological polar surface area (TPSA) is 56.6 Å². The fraction of sp³-hybridized carbons (Fsp3) is 0.143. The van der Waals surface area contributed by atoms with Crippen molar-refractivity contribution in [3.63, 3.8) is 0 Å². The van der Waals surface area contributed by atoms with Crippen LogP contribution in [-0.4, -0.2) is 41.2 Å². The van der Waals surface area contributed by atoms with Gasteiger partial charge in [-0.3, -0.25) is 4.98 Å². The van der Waals surface area contributed by atoms with Crippen LogP contribution in [0.1, 0.15) is 22.3 Å². The fourth-order valence-corrected chi connectivity index (χ4v) is 9.33. The van der Waals surface area contributed by atoms with E-state index in [4.69, 9.17) is 9.97 Å². The summed E-state index contributed by atoms with van der Waals surface area (Å²) in [5, 5.41) is 0.993. The third-order valence-electron chi connectivity index (χ3n) is 13.3. The van der Waals surface area contributed by atoms with Gasteiger partial charge in [-0.1, -0.05) is 70.8 Å². The lowest BCUT2D eigenvalue weighted by atomic mass is 10.2. The van der Waals surface area contributed by atoms with Crippen LogP contribution in [0.15, 0.2) is 189 Å². The number of aromatic nitrogens is 3. The maximum Gasteiger partial charge on any atom is 0.136 e. The van der Waals surface area contributed by atoms with Crippen LogP contribution in [0.2, 0.25) is 0 Å². The van der Waals surface area contributed by atoms with Crippen LogP contribution in [0.25, 0.3) is 27.6 Å². The Hall–Kier alpha value is -8.44. The average Bonchev–Trinajstić information content (AvgIpc) is 4.22. The van der Waals surface area contributed by atoms with Crippen LogP contribution in [0.5, 0.6) is 0 Å². The van der Waals surface area contributed by atoms with Crippen LogP contribution in [0.4, 0.5) is 45.6 Å². The van der Waals surface area contributed by atoms with Crippen molar-refractivity contribution in [2.75, 3.05) is 65.9 Å². The normalized spacial score (nSPS) is 15.6. The van der Waals surface area contributed by atoms with Crippen molar-refractivity contribution in [3.05, 3.63) is 212 Å². The van der Waals surface area contributed by atoms with Crippen molar-refractivity contribution >= 4 is 67.6 Å². The number of hydrogen-bond acceptors (Lipinski definition) is 10. The Kier molecular flexibility index (Phi) is 9.71. The van der Waals surface area contributed by atoms with Gasteiger partial charge in [0.25, 0.3) is 0 Å². The molecule has 67 heavy (non-hydrogen) atoms. The summed E-state index contributed by atoms with van der Waals surface area (Å²) in [6.45, 7) is 11.2. The standard InChI is InChI=1S/C56H51N11/c1-40-5-13-44(14-6-40)59-21-24-63(36-59)48-29-49(64-25-22-60(37-64)45-15-7-41(2)8-16-45)31-50(30-48)67-53-33-55(66-28-27-62(39-66)47-19-11-43(4)12-20-47)57-35-52(53)56-54(67)32-51(34-58-56)65-26-23-61(38-65)46-17-9-42(3)10-18-46/h5-35H,36-39H2,1-4H3. The Morgan fingerprint density at radius 3 is 1.10 bits per heavy atom. The number of rotatable bonds is 9. The summed E-state index contributed by atoms with van der Waals surface area (Å²) >= 11 is 0. The highest BCUT2D eigenvalue weighted by molar-refractivity contribution is 6.08. The lowest BCUT2D eigenvalue weighted by molar-refractivity contribution is 0.953. The molecule has 0 aliphatic carbocycles. The molecule has 5 aromatic carbocycles. The molecule has 11 nitrogen and oxygen atoms in total. The van der Waals surface area contributed by atoms with Gasteiger partial charge in [0.2, 0.25) is 0 Å². The first-order valence-electron chi connectivity index (χ1n) is 22.9. The third-order valence-corrected chi connectivity index (χ3v) is 13.3. The molecule has 4 aliphatic rings. The van der Waals surface area contributed by atoms with E-state index < -0.39 is 0 Å². The van der Waals surface area contributed by atoms with Gasteiger partial charge >= 0.3 is 0 Å². The Labute approximate surface area is 391 Å². The molecular weight excluding hydrogens is 827 g/mol. The van der Waals surface area contributed by atoms with Crippen LogP contribution in [0.3, 0.4) is 0 Å². The third kappa shape index (κ3) is 7.54. The van der Waals surface area contributed by atoms with Crippen molar-refractivity contribution in [2.24, 2.45) is 0 Å². The Balaban J connectivity index is 0.977. The number of anilines is 8. The molecule has 0 atom stereocenters. The minimum Gasteiger partial charge on any atom is -0.328 e. The number of hydrogen-bond donors (Lipinski definition) is 0. The van der Waals surface area contributed by atoms with Gasteiger partial charge in [-0.05, 0) is 100 Å². The Morgan fingerprint density at radius 1 is 0.313 bits per heavy atom. The molecule has 0 spiro atoms. The highest BCUT2D eigenvalue weighted by atomic mass is 15.4. The molecule has 7 heterocycles. The Morgan fingerprint density at radius 2 is 0.672 bits per heavy atom. The molecule has 4 aliphatic heterocycles. The van der Waals surface area contributed by atoms with E-state index in [9.17, 15) is 0 Å². The largest absolute Gasteiger partial charge is 0.328 e. The summed E-state index contributed by atoms with van der Waals surface area (Å²) in [4.78, 5) is 28.6. The van der Waals surface area contributed by atoms with Gasteiger partial charge in [0, 0.05) is 101 Å². The van der Waals surface area contributed by atoms with E-state index >= 15 is 0 Å². The van der Waals surface area contributed by atoms with E-state index in [1.165, 1.54) is 22.3 Å². The van der Waals surface area contributed by atoms with Crippen LogP contribution in [-0.2, 0) is 0 Å². The first-order chi connectivity index (χ1) is 32.8. The average molecular weight is 878 g/mol. The second-order valence-electron chi connectivity index (χ2n) is 18.0. The number of benzene rings is 5. The van der Waals surface area contributed by atoms with Crippen LogP contribution in [0, 0.1) is 27.7 Å². The highest BCUT2D eigenvalue weighted by Gasteiger charge is 2.26. The van der Waals surface area contributed by atoms with Gasteiger partial charge in [-0.15, -0.1) is 0 Å². The molecule has 330 valence electrons. The van der Waals surface area contributed by atoms with Crippen molar-refractivity contribution in [1.82, 2.24) is 14.5 Å². The monoisotopic (exact) mass is 877 g/mol. The zero-order valence-electron chi connectivity index (χ0n) is 38.1. The molecule has 0 saturated heterocycles. The number of pyridine rings is 2. The van der Waals surface area contributed by atoms with Crippen LogP contribution >= 0.6 is 0 Å². The predicted octanol–water partition coefficient (Wildman–Crippen LogP) is 11.8. The molecule has 0 saturated carbocycles. The molecule has 11 heteroatoms. The molecule has 0 N–H and O–H groups in total. The van der Waals surface area contributed by atoms with Crippen molar-refractivity contribution in [2.45, 2.75) is 27.7 Å². The van der Waals surface area contributed by atoms with Crippen molar-refractivity contribution < 1.29 is 0 Å². The van der Waals surface area contributed by atoms with E-state index in [1.54, 1.807) is 0 Å².